The minimum Gasteiger partial charge on any atom is -0.480 e. The molecule has 0 aliphatic heterocycles. The SMILES string of the molecule is CCCN(CC(=O)O)CC(=O)NCCC(C)C. The van der Waals surface area contributed by atoms with Crippen LogP contribution in [-0.2, 0) is 9.59 Å². The van der Waals surface area contributed by atoms with Crippen LogP contribution >= 0.6 is 0 Å². The van der Waals surface area contributed by atoms with Gasteiger partial charge in [0.05, 0.1) is 13.1 Å². The highest BCUT2D eigenvalue weighted by atomic mass is 16.4. The average molecular weight is 244 g/mol. The fraction of sp³-hybridized carbons (Fsp3) is 0.833. The molecule has 0 fully saturated rings. The monoisotopic (exact) mass is 244 g/mol. The Morgan fingerprint density at radius 1 is 1.29 bits per heavy atom. The van der Waals surface area contributed by atoms with Crippen molar-refractivity contribution in [2.45, 2.75) is 33.6 Å². The molecule has 0 rings (SSSR count). The smallest absolute Gasteiger partial charge is 0.317 e. The molecular weight excluding hydrogens is 220 g/mol. The molecule has 0 radical (unpaired) electrons. The molecule has 100 valence electrons. The van der Waals surface area contributed by atoms with Crippen molar-refractivity contribution in [3.05, 3.63) is 0 Å². The highest BCUT2D eigenvalue weighted by Gasteiger charge is 2.12. The lowest BCUT2D eigenvalue weighted by Crippen LogP contribution is -2.40. The minimum absolute atomic E-state index is 0.0779. The van der Waals surface area contributed by atoms with E-state index in [-0.39, 0.29) is 19.0 Å². The predicted octanol–water partition coefficient (Wildman–Crippen LogP) is 0.945. The zero-order valence-corrected chi connectivity index (χ0v) is 11.0. The van der Waals surface area contributed by atoms with Crippen molar-refractivity contribution in [3.63, 3.8) is 0 Å². The van der Waals surface area contributed by atoms with E-state index in [1.54, 1.807) is 4.90 Å². The van der Waals surface area contributed by atoms with Crippen LogP contribution in [0.5, 0.6) is 0 Å². The third kappa shape index (κ3) is 9.81. The average Bonchev–Trinajstić information content (AvgIpc) is 2.15. The van der Waals surface area contributed by atoms with E-state index in [2.05, 4.69) is 19.2 Å². The molecular formula is C12H24N2O3. The van der Waals surface area contributed by atoms with Crippen molar-refractivity contribution < 1.29 is 14.7 Å². The lowest BCUT2D eigenvalue weighted by molar-refractivity contribution is -0.138. The van der Waals surface area contributed by atoms with E-state index in [0.29, 0.717) is 19.0 Å². The molecule has 5 nitrogen and oxygen atoms in total. The Balaban J connectivity index is 3.90. The number of carboxylic acids is 1. The molecule has 0 aliphatic rings. The second-order valence-electron chi connectivity index (χ2n) is 4.64. The highest BCUT2D eigenvalue weighted by molar-refractivity contribution is 5.78. The van der Waals surface area contributed by atoms with Crippen LogP contribution in [0.2, 0.25) is 0 Å². The quantitative estimate of drug-likeness (QED) is 0.633. The Hall–Kier alpha value is -1.10. The lowest BCUT2D eigenvalue weighted by atomic mass is 10.1. The zero-order valence-electron chi connectivity index (χ0n) is 11.0. The number of rotatable bonds is 9. The van der Waals surface area contributed by atoms with Crippen molar-refractivity contribution in [1.82, 2.24) is 10.2 Å². The van der Waals surface area contributed by atoms with Gasteiger partial charge in [0, 0.05) is 6.54 Å². The summed E-state index contributed by atoms with van der Waals surface area (Å²) in [5.41, 5.74) is 0. The molecule has 0 unspecified atom stereocenters. The summed E-state index contributed by atoms with van der Waals surface area (Å²) in [6.45, 7) is 7.53. The van der Waals surface area contributed by atoms with Crippen molar-refractivity contribution in [3.8, 4) is 0 Å². The minimum atomic E-state index is -0.895. The molecule has 0 bridgehead atoms. The molecule has 0 saturated heterocycles. The summed E-state index contributed by atoms with van der Waals surface area (Å²) in [5.74, 6) is -0.435. The van der Waals surface area contributed by atoms with Gasteiger partial charge in [0.15, 0.2) is 0 Å². The topological polar surface area (TPSA) is 69.6 Å². The highest BCUT2D eigenvalue weighted by Crippen LogP contribution is 1.96. The Kier molecular flexibility index (Phi) is 8.40. The molecule has 0 heterocycles. The summed E-state index contributed by atoms with van der Waals surface area (Å²) in [6, 6.07) is 0. The normalized spacial score (nSPS) is 10.9. The standard InChI is InChI=1S/C12H24N2O3/c1-4-7-14(9-12(16)17)8-11(15)13-6-5-10(2)3/h10H,4-9H2,1-3H3,(H,13,15)(H,16,17). The van der Waals surface area contributed by atoms with Crippen LogP contribution in [0.3, 0.4) is 0 Å². The van der Waals surface area contributed by atoms with Crippen molar-refractivity contribution in [1.29, 1.82) is 0 Å². The van der Waals surface area contributed by atoms with Crippen LogP contribution in [0.15, 0.2) is 0 Å². The van der Waals surface area contributed by atoms with E-state index in [1.807, 2.05) is 6.92 Å². The van der Waals surface area contributed by atoms with Gasteiger partial charge in [0.25, 0.3) is 0 Å². The third-order valence-electron chi connectivity index (χ3n) is 2.31. The molecule has 2 N–H and O–H groups in total. The van der Waals surface area contributed by atoms with Gasteiger partial charge in [0.1, 0.15) is 0 Å². The Morgan fingerprint density at radius 3 is 2.41 bits per heavy atom. The van der Waals surface area contributed by atoms with Gasteiger partial charge in [-0.05, 0) is 25.3 Å². The van der Waals surface area contributed by atoms with E-state index in [9.17, 15) is 9.59 Å². The fourth-order valence-electron chi connectivity index (χ4n) is 1.48. The number of nitrogens with zero attached hydrogens (tertiary/aromatic N) is 1. The molecule has 0 saturated carbocycles. The lowest BCUT2D eigenvalue weighted by Gasteiger charge is -2.18. The number of carbonyl (C=O) groups is 2. The Labute approximate surface area is 103 Å². The van der Waals surface area contributed by atoms with Crippen LogP contribution < -0.4 is 5.32 Å². The summed E-state index contributed by atoms with van der Waals surface area (Å²) in [5, 5.41) is 11.5. The second-order valence-corrected chi connectivity index (χ2v) is 4.64. The van der Waals surface area contributed by atoms with Gasteiger partial charge in [-0.2, -0.15) is 0 Å². The van der Waals surface area contributed by atoms with Crippen LogP contribution in [0, 0.1) is 5.92 Å². The van der Waals surface area contributed by atoms with Gasteiger partial charge in [-0.25, -0.2) is 0 Å². The molecule has 0 aliphatic carbocycles. The first-order chi connectivity index (χ1) is 7.95. The summed E-state index contributed by atoms with van der Waals surface area (Å²) in [6.07, 6.45) is 1.78. The van der Waals surface area contributed by atoms with Crippen molar-refractivity contribution >= 4 is 11.9 Å². The maximum atomic E-state index is 11.5. The van der Waals surface area contributed by atoms with E-state index in [1.165, 1.54) is 0 Å². The molecule has 1 amide bonds. The van der Waals surface area contributed by atoms with E-state index in [4.69, 9.17) is 5.11 Å². The first-order valence-corrected chi connectivity index (χ1v) is 6.16. The van der Waals surface area contributed by atoms with E-state index < -0.39 is 5.97 Å². The van der Waals surface area contributed by atoms with Crippen LogP contribution in [-0.4, -0.2) is 48.1 Å². The van der Waals surface area contributed by atoms with Crippen LogP contribution in [0.4, 0.5) is 0 Å². The predicted molar refractivity (Wildman–Crippen MR) is 66.8 cm³/mol. The molecule has 0 spiro atoms. The molecule has 0 aromatic heterocycles. The first kappa shape index (κ1) is 15.9. The number of hydrogen-bond donors (Lipinski definition) is 2. The van der Waals surface area contributed by atoms with Crippen molar-refractivity contribution in [2.24, 2.45) is 5.92 Å². The molecule has 5 heteroatoms. The van der Waals surface area contributed by atoms with E-state index in [0.717, 1.165) is 12.8 Å². The molecule has 17 heavy (non-hydrogen) atoms. The largest absolute Gasteiger partial charge is 0.480 e. The molecule has 0 aromatic carbocycles. The summed E-state index contributed by atoms with van der Waals surface area (Å²) in [7, 11) is 0. The van der Waals surface area contributed by atoms with Gasteiger partial charge in [-0.3, -0.25) is 14.5 Å². The van der Waals surface area contributed by atoms with Gasteiger partial charge in [0.2, 0.25) is 5.91 Å². The first-order valence-electron chi connectivity index (χ1n) is 6.16. The summed E-state index contributed by atoms with van der Waals surface area (Å²) in [4.78, 5) is 23.8. The number of carbonyl (C=O) groups excluding carboxylic acids is 1. The number of hydrogen-bond acceptors (Lipinski definition) is 3. The Morgan fingerprint density at radius 2 is 1.94 bits per heavy atom. The van der Waals surface area contributed by atoms with Gasteiger partial charge in [-0.15, -0.1) is 0 Å². The van der Waals surface area contributed by atoms with Gasteiger partial charge in [-0.1, -0.05) is 20.8 Å². The summed E-state index contributed by atoms with van der Waals surface area (Å²) < 4.78 is 0. The molecule has 0 aromatic rings. The van der Waals surface area contributed by atoms with Gasteiger partial charge < -0.3 is 10.4 Å². The van der Waals surface area contributed by atoms with Gasteiger partial charge >= 0.3 is 5.97 Å². The zero-order chi connectivity index (χ0) is 13.3. The van der Waals surface area contributed by atoms with Crippen LogP contribution in [0.25, 0.3) is 0 Å². The van der Waals surface area contributed by atoms with Crippen molar-refractivity contribution in [2.75, 3.05) is 26.2 Å². The fourth-order valence-corrected chi connectivity index (χ4v) is 1.48. The maximum Gasteiger partial charge on any atom is 0.317 e. The number of carboxylic acid groups (broad SMARTS) is 1. The third-order valence-corrected chi connectivity index (χ3v) is 2.31. The number of aliphatic carboxylic acids is 1. The number of amides is 1. The molecule has 0 atom stereocenters. The summed E-state index contributed by atoms with van der Waals surface area (Å²) >= 11 is 0. The number of nitrogens with one attached hydrogen (secondary N) is 1. The maximum absolute atomic E-state index is 11.5. The van der Waals surface area contributed by atoms with Crippen LogP contribution in [0.1, 0.15) is 33.6 Å². The Bertz CT molecular complexity index is 242. The van der Waals surface area contributed by atoms with E-state index >= 15 is 0 Å². The second kappa shape index (κ2) is 8.98.